The molecule has 3 nitrogen and oxygen atoms in total. The number of benzene rings is 2. The van der Waals surface area contributed by atoms with E-state index in [4.69, 9.17) is 0 Å². The molecule has 0 aliphatic rings. The highest BCUT2D eigenvalue weighted by Crippen LogP contribution is 2.36. The van der Waals surface area contributed by atoms with Crippen LogP contribution in [0.3, 0.4) is 0 Å². The third kappa shape index (κ3) is 3.01. The summed E-state index contributed by atoms with van der Waals surface area (Å²) >= 11 is 0. The van der Waals surface area contributed by atoms with Crippen LogP contribution in [0.4, 0.5) is 0 Å². The first-order valence-corrected chi connectivity index (χ1v) is 7.27. The Kier molecular flexibility index (Phi) is 6.60. The number of carboxylic acid groups (broad SMARTS) is 1. The molecule has 2 aromatic carbocycles. The Labute approximate surface area is 138 Å². The fourth-order valence-electron chi connectivity index (χ4n) is 2.97. The van der Waals surface area contributed by atoms with E-state index in [1.165, 1.54) is 0 Å². The molecule has 22 heavy (non-hydrogen) atoms. The summed E-state index contributed by atoms with van der Waals surface area (Å²) in [6, 6.07) is 18.9. The van der Waals surface area contributed by atoms with Gasteiger partial charge in [0.15, 0.2) is 5.54 Å². The molecule has 0 radical (unpaired) electrons. The van der Waals surface area contributed by atoms with Crippen molar-refractivity contribution < 1.29 is 9.90 Å². The molecule has 0 aromatic heterocycles. The van der Waals surface area contributed by atoms with Crippen molar-refractivity contribution in [2.75, 3.05) is 13.1 Å². The maximum atomic E-state index is 12.3. The van der Waals surface area contributed by atoms with Gasteiger partial charge in [-0.3, -0.25) is 4.90 Å². The zero-order valence-corrected chi connectivity index (χ0v) is 13.7. The molecule has 0 aliphatic carbocycles. The minimum atomic E-state index is -1.15. The van der Waals surface area contributed by atoms with E-state index in [2.05, 4.69) is 0 Å². The number of carbonyl (C=O) groups is 1. The first kappa shape index (κ1) is 18.2. The van der Waals surface area contributed by atoms with Gasteiger partial charge in [0.2, 0.25) is 0 Å². The lowest BCUT2D eigenvalue weighted by Gasteiger charge is -2.40. The second kappa shape index (κ2) is 7.97. The Hall–Kier alpha value is -1.84. The molecule has 118 valence electrons. The third-order valence-corrected chi connectivity index (χ3v) is 3.93. The largest absolute Gasteiger partial charge is 0.479 e. The molecule has 2 rings (SSSR count). The molecule has 1 N–H and O–H groups in total. The zero-order valence-electron chi connectivity index (χ0n) is 12.9. The number of likely N-dealkylation sites (N-methyl/N-ethyl adjacent to an activating group) is 1. The van der Waals surface area contributed by atoms with E-state index >= 15 is 0 Å². The number of hydrogen-bond acceptors (Lipinski definition) is 2. The summed E-state index contributed by atoms with van der Waals surface area (Å²) in [7, 11) is 0. The predicted octanol–water partition coefficient (Wildman–Crippen LogP) is 3.78. The van der Waals surface area contributed by atoms with Crippen LogP contribution in [-0.4, -0.2) is 29.1 Å². The van der Waals surface area contributed by atoms with E-state index in [-0.39, 0.29) is 12.4 Å². The fourth-order valence-corrected chi connectivity index (χ4v) is 2.97. The molecule has 0 aliphatic heterocycles. The highest BCUT2D eigenvalue weighted by Gasteiger charge is 2.46. The number of nitrogens with zero attached hydrogens (tertiary/aromatic N) is 1. The van der Waals surface area contributed by atoms with Crippen molar-refractivity contribution in [2.24, 2.45) is 0 Å². The predicted molar refractivity (Wildman–Crippen MR) is 91.5 cm³/mol. The summed E-state index contributed by atoms with van der Waals surface area (Å²) in [5.74, 6) is -0.844. The highest BCUT2D eigenvalue weighted by molar-refractivity contribution is 5.86. The molecular weight excluding hydrogens is 298 g/mol. The van der Waals surface area contributed by atoms with Gasteiger partial charge >= 0.3 is 5.97 Å². The minimum absolute atomic E-state index is 0. The number of halogens is 1. The van der Waals surface area contributed by atoms with Gasteiger partial charge in [-0.15, -0.1) is 12.4 Å². The molecule has 0 spiro atoms. The lowest BCUT2D eigenvalue weighted by Crippen LogP contribution is -2.52. The molecule has 4 heteroatoms. The summed E-state index contributed by atoms with van der Waals surface area (Å²) in [4.78, 5) is 14.3. The van der Waals surface area contributed by atoms with Gasteiger partial charge in [-0.25, -0.2) is 4.79 Å². The molecule has 0 saturated carbocycles. The van der Waals surface area contributed by atoms with E-state index < -0.39 is 11.5 Å². The van der Waals surface area contributed by atoms with E-state index in [0.29, 0.717) is 13.1 Å². The average molecular weight is 320 g/mol. The summed E-state index contributed by atoms with van der Waals surface area (Å²) in [5, 5.41) is 10.1. The number of rotatable bonds is 6. The molecule has 0 saturated heterocycles. The van der Waals surface area contributed by atoms with Gasteiger partial charge in [0, 0.05) is 0 Å². The lowest BCUT2D eigenvalue weighted by molar-refractivity contribution is -0.149. The normalized spacial score (nSPS) is 11.0. The van der Waals surface area contributed by atoms with Crippen molar-refractivity contribution in [3.05, 3.63) is 71.8 Å². The maximum Gasteiger partial charge on any atom is 0.333 e. The Balaban J connectivity index is 0.00000242. The van der Waals surface area contributed by atoms with Gasteiger partial charge in [0.05, 0.1) is 0 Å². The van der Waals surface area contributed by atoms with Crippen LogP contribution in [0.25, 0.3) is 0 Å². The van der Waals surface area contributed by atoms with E-state index in [9.17, 15) is 9.90 Å². The van der Waals surface area contributed by atoms with Crippen LogP contribution in [-0.2, 0) is 10.3 Å². The van der Waals surface area contributed by atoms with Crippen molar-refractivity contribution in [1.82, 2.24) is 4.90 Å². The van der Waals surface area contributed by atoms with Crippen LogP contribution < -0.4 is 0 Å². The Bertz CT molecular complexity index is 543. The monoisotopic (exact) mass is 319 g/mol. The van der Waals surface area contributed by atoms with Crippen molar-refractivity contribution in [2.45, 2.75) is 19.4 Å². The molecule has 0 fully saturated rings. The fraction of sp³-hybridized carbons (Fsp3) is 0.278. The van der Waals surface area contributed by atoms with E-state index in [1.54, 1.807) is 0 Å². The van der Waals surface area contributed by atoms with Crippen LogP contribution in [0.15, 0.2) is 60.7 Å². The smallest absolute Gasteiger partial charge is 0.333 e. The van der Waals surface area contributed by atoms with Gasteiger partial charge in [0.25, 0.3) is 0 Å². The van der Waals surface area contributed by atoms with Gasteiger partial charge < -0.3 is 5.11 Å². The van der Waals surface area contributed by atoms with Crippen molar-refractivity contribution in [1.29, 1.82) is 0 Å². The Morgan fingerprint density at radius 3 is 1.55 bits per heavy atom. The maximum absolute atomic E-state index is 12.3. The van der Waals surface area contributed by atoms with E-state index in [0.717, 1.165) is 11.1 Å². The van der Waals surface area contributed by atoms with E-state index in [1.807, 2.05) is 79.4 Å². The Morgan fingerprint density at radius 1 is 0.909 bits per heavy atom. The quantitative estimate of drug-likeness (QED) is 0.881. The Morgan fingerprint density at radius 2 is 1.27 bits per heavy atom. The number of aliphatic carboxylic acids is 1. The van der Waals surface area contributed by atoms with Crippen molar-refractivity contribution >= 4 is 18.4 Å². The van der Waals surface area contributed by atoms with Gasteiger partial charge in [-0.2, -0.15) is 0 Å². The topological polar surface area (TPSA) is 40.5 Å². The van der Waals surface area contributed by atoms with Crippen LogP contribution in [0.1, 0.15) is 25.0 Å². The SMILES string of the molecule is CCN(CC)C(C(=O)O)(c1ccccc1)c1ccccc1.Cl. The first-order valence-electron chi connectivity index (χ1n) is 7.27. The minimum Gasteiger partial charge on any atom is -0.479 e. The zero-order chi connectivity index (χ0) is 15.3. The van der Waals surface area contributed by atoms with Gasteiger partial charge in [-0.1, -0.05) is 74.5 Å². The van der Waals surface area contributed by atoms with Crippen LogP contribution in [0.5, 0.6) is 0 Å². The van der Waals surface area contributed by atoms with Crippen LogP contribution in [0, 0.1) is 0 Å². The molecular formula is C18H22ClNO2. The van der Waals surface area contributed by atoms with Crippen LogP contribution in [0.2, 0.25) is 0 Å². The first-order chi connectivity index (χ1) is 10.2. The standard InChI is InChI=1S/C18H21NO2.ClH/c1-3-19(4-2)18(17(20)21,15-11-7-5-8-12-15)16-13-9-6-10-14-16;/h5-14H,3-4H2,1-2H3,(H,20,21);1H. The van der Waals surface area contributed by atoms with Gasteiger partial charge in [0.1, 0.15) is 0 Å². The molecule has 0 heterocycles. The highest BCUT2D eigenvalue weighted by atomic mass is 35.5. The molecule has 0 amide bonds. The average Bonchev–Trinajstić information content (AvgIpc) is 2.53. The third-order valence-electron chi connectivity index (χ3n) is 3.93. The van der Waals surface area contributed by atoms with Crippen molar-refractivity contribution in [3.8, 4) is 0 Å². The summed E-state index contributed by atoms with van der Waals surface area (Å²) in [6.45, 7) is 5.30. The number of hydrogen-bond donors (Lipinski definition) is 1. The summed E-state index contributed by atoms with van der Waals surface area (Å²) in [5.41, 5.74) is 0.422. The second-order valence-electron chi connectivity index (χ2n) is 4.92. The molecule has 0 unspecified atom stereocenters. The van der Waals surface area contributed by atoms with Gasteiger partial charge in [-0.05, 0) is 24.2 Å². The van der Waals surface area contributed by atoms with Crippen LogP contribution >= 0.6 is 12.4 Å². The molecule has 0 bridgehead atoms. The number of carboxylic acids is 1. The summed E-state index contributed by atoms with van der Waals surface area (Å²) < 4.78 is 0. The summed E-state index contributed by atoms with van der Waals surface area (Å²) in [6.07, 6.45) is 0. The van der Waals surface area contributed by atoms with Crippen molar-refractivity contribution in [3.63, 3.8) is 0 Å². The lowest BCUT2D eigenvalue weighted by atomic mass is 9.81. The molecule has 0 atom stereocenters. The second-order valence-corrected chi connectivity index (χ2v) is 4.92. The molecule has 2 aromatic rings.